The van der Waals surface area contributed by atoms with E-state index in [1.807, 2.05) is 0 Å². The minimum atomic E-state index is 0.281. The second-order valence-electron chi connectivity index (χ2n) is 5.79. The average Bonchev–Trinajstić information content (AvgIpc) is 2.66. The number of rotatable bonds is 2. The van der Waals surface area contributed by atoms with Crippen molar-refractivity contribution >= 4 is 0 Å². The number of nitrogens with one attached hydrogen (secondary N) is 1. The molecule has 2 aliphatic carbocycles. The van der Waals surface area contributed by atoms with E-state index in [0.717, 1.165) is 18.4 Å². The van der Waals surface area contributed by atoms with Crippen molar-refractivity contribution in [2.75, 3.05) is 6.54 Å². The fraction of sp³-hybridized carbons (Fsp3) is 0.625. The molecular formula is C16H23N. The first-order valence-electron chi connectivity index (χ1n) is 7.12. The quantitative estimate of drug-likeness (QED) is 0.818. The zero-order valence-corrected chi connectivity index (χ0v) is 11.0. The van der Waals surface area contributed by atoms with Crippen molar-refractivity contribution in [3.63, 3.8) is 0 Å². The van der Waals surface area contributed by atoms with Crippen molar-refractivity contribution in [2.45, 2.75) is 45.1 Å². The standard InChI is InChI=1S/C16H23N/c1-3-17-16-12(2)7-6-9-14(16)11-13-8-4-5-10-15(13)16/h4-5,8,10,12,14,17H,3,6-7,9,11H2,1-2H3. The Bertz CT molecular complexity index is 412. The second-order valence-corrected chi connectivity index (χ2v) is 5.79. The second kappa shape index (κ2) is 4.13. The largest absolute Gasteiger partial charge is 0.307 e. The number of fused-ring (bicyclic) bond motifs is 3. The normalized spacial score (nSPS) is 35.4. The van der Waals surface area contributed by atoms with Crippen LogP contribution < -0.4 is 5.32 Å². The predicted molar refractivity (Wildman–Crippen MR) is 72.0 cm³/mol. The summed E-state index contributed by atoms with van der Waals surface area (Å²) in [5.41, 5.74) is 3.47. The van der Waals surface area contributed by atoms with Crippen LogP contribution in [0.5, 0.6) is 0 Å². The fourth-order valence-corrected chi connectivity index (χ4v) is 4.35. The molecule has 1 nitrogen and oxygen atoms in total. The molecule has 0 amide bonds. The molecule has 3 rings (SSSR count). The van der Waals surface area contributed by atoms with Gasteiger partial charge < -0.3 is 5.32 Å². The van der Waals surface area contributed by atoms with E-state index in [2.05, 4.69) is 43.4 Å². The van der Waals surface area contributed by atoms with Crippen LogP contribution in [0.15, 0.2) is 24.3 Å². The molecule has 1 N–H and O–H groups in total. The number of benzene rings is 1. The van der Waals surface area contributed by atoms with Crippen LogP contribution in [0.1, 0.15) is 44.2 Å². The van der Waals surface area contributed by atoms with Gasteiger partial charge in [-0.05, 0) is 48.8 Å². The summed E-state index contributed by atoms with van der Waals surface area (Å²) in [4.78, 5) is 0. The zero-order valence-electron chi connectivity index (χ0n) is 11.0. The SMILES string of the molecule is CCNC12c3ccccc3CC1CCCC2C. The van der Waals surface area contributed by atoms with Crippen molar-refractivity contribution in [2.24, 2.45) is 11.8 Å². The van der Waals surface area contributed by atoms with Crippen molar-refractivity contribution in [3.05, 3.63) is 35.4 Å². The van der Waals surface area contributed by atoms with Crippen molar-refractivity contribution < 1.29 is 0 Å². The monoisotopic (exact) mass is 229 g/mol. The summed E-state index contributed by atoms with van der Waals surface area (Å²) >= 11 is 0. The number of hydrogen-bond acceptors (Lipinski definition) is 1. The lowest BCUT2D eigenvalue weighted by Crippen LogP contribution is -2.52. The smallest absolute Gasteiger partial charge is 0.0494 e. The van der Waals surface area contributed by atoms with Gasteiger partial charge in [0.05, 0.1) is 0 Å². The molecule has 1 heteroatoms. The Hall–Kier alpha value is -0.820. The molecule has 0 radical (unpaired) electrons. The minimum absolute atomic E-state index is 0.281. The van der Waals surface area contributed by atoms with Crippen molar-refractivity contribution in [1.82, 2.24) is 5.32 Å². The molecule has 3 atom stereocenters. The summed E-state index contributed by atoms with van der Waals surface area (Å²) in [5.74, 6) is 1.59. The van der Waals surface area contributed by atoms with Gasteiger partial charge in [0, 0.05) is 5.54 Å². The molecule has 0 heterocycles. The molecule has 3 unspecified atom stereocenters. The summed E-state index contributed by atoms with van der Waals surface area (Å²) in [6.45, 7) is 5.76. The Balaban J connectivity index is 2.11. The lowest BCUT2D eigenvalue weighted by atomic mass is 9.66. The van der Waals surface area contributed by atoms with Crippen molar-refractivity contribution in [3.8, 4) is 0 Å². The maximum absolute atomic E-state index is 3.87. The third-order valence-corrected chi connectivity index (χ3v) is 5.01. The molecule has 1 aromatic carbocycles. The van der Waals surface area contributed by atoms with E-state index in [-0.39, 0.29) is 5.54 Å². The van der Waals surface area contributed by atoms with Gasteiger partial charge in [0.25, 0.3) is 0 Å². The van der Waals surface area contributed by atoms with Crippen LogP contribution in [0.3, 0.4) is 0 Å². The first-order valence-corrected chi connectivity index (χ1v) is 7.12. The summed E-state index contributed by atoms with van der Waals surface area (Å²) in [6.07, 6.45) is 5.46. The first kappa shape index (κ1) is 11.3. The van der Waals surface area contributed by atoms with Crippen LogP contribution in [0.4, 0.5) is 0 Å². The zero-order chi connectivity index (χ0) is 11.9. The van der Waals surface area contributed by atoms with Gasteiger partial charge in [0.1, 0.15) is 0 Å². The van der Waals surface area contributed by atoms with Crippen LogP contribution in [-0.2, 0) is 12.0 Å². The van der Waals surface area contributed by atoms with Crippen LogP contribution in [-0.4, -0.2) is 6.54 Å². The fourth-order valence-electron chi connectivity index (χ4n) is 4.35. The van der Waals surface area contributed by atoms with E-state index >= 15 is 0 Å². The molecular weight excluding hydrogens is 206 g/mol. The molecule has 0 aromatic heterocycles. The Kier molecular flexibility index (Phi) is 2.74. The topological polar surface area (TPSA) is 12.0 Å². The van der Waals surface area contributed by atoms with Crippen LogP contribution in [0.2, 0.25) is 0 Å². The van der Waals surface area contributed by atoms with E-state index in [1.165, 1.54) is 25.7 Å². The highest BCUT2D eigenvalue weighted by atomic mass is 15.0. The van der Waals surface area contributed by atoms with Gasteiger partial charge in [-0.15, -0.1) is 0 Å². The summed E-state index contributed by atoms with van der Waals surface area (Å²) in [5, 5.41) is 3.87. The molecule has 0 spiro atoms. The third kappa shape index (κ3) is 1.48. The summed E-state index contributed by atoms with van der Waals surface area (Å²) in [7, 11) is 0. The van der Waals surface area contributed by atoms with Gasteiger partial charge in [-0.3, -0.25) is 0 Å². The van der Waals surface area contributed by atoms with Crippen LogP contribution in [0.25, 0.3) is 0 Å². The van der Waals surface area contributed by atoms with Gasteiger partial charge in [-0.25, -0.2) is 0 Å². The Morgan fingerprint density at radius 3 is 2.94 bits per heavy atom. The maximum Gasteiger partial charge on any atom is 0.0494 e. The van der Waals surface area contributed by atoms with Crippen LogP contribution >= 0.6 is 0 Å². The molecule has 1 fully saturated rings. The Labute approximate surface area is 105 Å². The van der Waals surface area contributed by atoms with Crippen molar-refractivity contribution in [1.29, 1.82) is 0 Å². The third-order valence-electron chi connectivity index (χ3n) is 5.01. The highest BCUT2D eigenvalue weighted by molar-refractivity contribution is 5.41. The van der Waals surface area contributed by atoms with E-state index in [0.29, 0.717) is 0 Å². The molecule has 0 aliphatic heterocycles. The first-order chi connectivity index (χ1) is 8.29. The molecule has 2 aliphatic rings. The molecule has 1 aromatic rings. The highest BCUT2D eigenvalue weighted by Crippen LogP contribution is 2.52. The maximum atomic E-state index is 3.87. The van der Waals surface area contributed by atoms with Gasteiger partial charge in [0.2, 0.25) is 0 Å². The lowest BCUT2D eigenvalue weighted by Gasteiger charge is -2.46. The lowest BCUT2D eigenvalue weighted by molar-refractivity contribution is 0.0964. The molecule has 0 bridgehead atoms. The summed E-state index contributed by atoms with van der Waals surface area (Å²) < 4.78 is 0. The Morgan fingerprint density at radius 2 is 2.12 bits per heavy atom. The predicted octanol–water partition coefficient (Wildman–Crippen LogP) is 3.48. The van der Waals surface area contributed by atoms with Gasteiger partial charge in [-0.2, -0.15) is 0 Å². The van der Waals surface area contributed by atoms with E-state index in [1.54, 1.807) is 11.1 Å². The van der Waals surface area contributed by atoms with E-state index < -0.39 is 0 Å². The van der Waals surface area contributed by atoms with E-state index in [4.69, 9.17) is 0 Å². The highest BCUT2D eigenvalue weighted by Gasteiger charge is 2.50. The van der Waals surface area contributed by atoms with E-state index in [9.17, 15) is 0 Å². The molecule has 92 valence electrons. The molecule has 1 saturated carbocycles. The van der Waals surface area contributed by atoms with Crippen LogP contribution in [0, 0.1) is 11.8 Å². The van der Waals surface area contributed by atoms with Gasteiger partial charge >= 0.3 is 0 Å². The molecule has 17 heavy (non-hydrogen) atoms. The van der Waals surface area contributed by atoms with Gasteiger partial charge in [0.15, 0.2) is 0 Å². The molecule has 0 saturated heterocycles. The minimum Gasteiger partial charge on any atom is -0.307 e. The van der Waals surface area contributed by atoms with Gasteiger partial charge in [-0.1, -0.05) is 44.5 Å². The average molecular weight is 229 g/mol. The summed E-state index contributed by atoms with van der Waals surface area (Å²) in [6, 6.07) is 9.10. The number of hydrogen-bond donors (Lipinski definition) is 1. The Morgan fingerprint density at radius 1 is 1.29 bits per heavy atom.